The lowest BCUT2D eigenvalue weighted by atomic mass is 10.0. The molecule has 0 saturated carbocycles. The molecule has 2 saturated heterocycles. The molecule has 2 aliphatic rings. The average molecular weight is 113 g/mol. The van der Waals surface area contributed by atoms with Gasteiger partial charge in [0, 0.05) is 19.0 Å². The van der Waals surface area contributed by atoms with Gasteiger partial charge in [-0.2, -0.15) is 0 Å². The molecule has 0 amide bonds. The lowest BCUT2D eigenvalue weighted by Gasteiger charge is -2.15. The molecule has 2 fully saturated rings. The van der Waals surface area contributed by atoms with E-state index in [1.54, 1.807) is 0 Å². The van der Waals surface area contributed by atoms with E-state index in [0.717, 1.165) is 13.1 Å². The predicted octanol–water partition coefficient (Wildman–Crippen LogP) is -0.317. The van der Waals surface area contributed by atoms with E-state index in [4.69, 9.17) is 0 Å². The lowest BCUT2D eigenvalue weighted by molar-refractivity contribution is 0.118. The standard InChI is InChI=1S/C6H11NO/c8-6-4-7-2-1-5(6)3-7/h5-6,8H,1-4H2/t5-,6-/m1/s1. The fourth-order valence-corrected chi connectivity index (χ4v) is 1.76. The Balaban J connectivity index is 2.11. The number of hydrogen-bond acceptors (Lipinski definition) is 2. The van der Waals surface area contributed by atoms with Crippen LogP contribution in [0.25, 0.3) is 0 Å². The van der Waals surface area contributed by atoms with E-state index >= 15 is 0 Å². The number of fused-ring (bicyclic) bond motifs is 2. The molecule has 1 unspecified atom stereocenters. The minimum absolute atomic E-state index is 0.00347. The van der Waals surface area contributed by atoms with E-state index in [9.17, 15) is 5.11 Å². The second-order valence-electron chi connectivity index (χ2n) is 2.88. The van der Waals surface area contributed by atoms with Gasteiger partial charge >= 0.3 is 0 Å². The lowest BCUT2D eigenvalue weighted by Crippen LogP contribution is -2.26. The summed E-state index contributed by atoms with van der Waals surface area (Å²) >= 11 is 0. The molecule has 0 spiro atoms. The maximum absolute atomic E-state index is 9.18. The van der Waals surface area contributed by atoms with Crippen molar-refractivity contribution in [1.82, 2.24) is 4.90 Å². The molecule has 46 valence electrons. The molecule has 2 heteroatoms. The molecular weight excluding hydrogens is 102 g/mol. The Morgan fingerprint density at radius 2 is 2.25 bits per heavy atom. The fraction of sp³-hybridized carbons (Fsp3) is 1.00. The Morgan fingerprint density at radius 3 is 2.50 bits per heavy atom. The number of aliphatic hydroxyl groups is 1. The van der Waals surface area contributed by atoms with Crippen LogP contribution in [0, 0.1) is 5.92 Å². The monoisotopic (exact) mass is 113 g/mol. The van der Waals surface area contributed by atoms with Crippen molar-refractivity contribution in [1.29, 1.82) is 0 Å². The summed E-state index contributed by atoms with van der Waals surface area (Å²) in [7, 11) is 0. The highest BCUT2D eigenvalue weighted by molar-refractivity contribution is 4.89. The minimum atomic E-state index is 0.00347. The number of nitrogens with zero attached hydrogens (tertiary/aromatic N) is 1. The third-order valence-corrected chi connectivity index (χ3v) is 2.30. The van der Waals surface area contributed by atoms with Crippen molar-refractivity contribution in [3.05, 3.63) is 0 Å². The maximum Gasteiger partial charge on any atom is 0.0707 e. The number of aliphatic hydroxyl groups excluding tert-OH is 1. The Morgan fingerprint density at radius 1 is 1.38 bits per heavy atom. The zero-order valence-corrected chi connectivity index (χ0v) is 4.88. The van der Waals surface area contributed by atoms with E-state index in [-0.39, 0.29) is 6.10 Å². The van der Waals surface area contributed by atoms with Crippen molar-refractivity contribution in [3.8, 4) is 0 Å². The third-order valence-electron chi connectivity index (χ3n) is 2.30. The summed E-state index contributed by atoms with van der Waals surface area (Å²) in [5, 5.41) is 9.18. The summed E-state index contributed by atoms with van der Waals surface area (Å²) in [6.45, 7) is 3.31. The topological polar surface area (TPSA) is 23.5 Å². The Kier molecular flexibility index (Phi) is 0.866. The number of hydrogen-bond donors (Lipinski definition) is 1. The molecule has 0 aliphatic carbocycles. The van der Waals surface area contributed by atoms with Gasteiger partial charge in [0.05, 0.1) is 6.10 Å². The van der Waals surface area contributed by atoms with Gasteiger partial charge in [-0.05, 0) is 13.0 Å². The second kappa shape index (κ2) is 1.45. The molecule has 0 radical (unpaired) electrons. The molecule has 2 rings (SSSR count). The largest absolute Gasteiger partial charge is 0.391 e. The van der Waals surface area contributed by atoms with Gasteiger partial charge in [-0.15, -0.1) is 0 Å². The molecule has 2 heterocycles. The van der Waals surface area contributed by atoms with Crippen molar-refractivity contribution in [2.45, 2.75) is 12.5 Å². The molecule has 8 heavy (non-hydrogen) atoms. The molecule has 2 aliphatic heterocycles. The Bertz CT molecular complexity index is 103. The van der Waals surface area contributed by atoms with Crippen molar-refractivity contribution < 1.29 is 5.11 Å². The first kappa shape index (κ1) is 4.77. The highest BCUT2D eigenvalue weighted by Gasteiger charge is 2.36. The first-order chi connectivity index (χ1) is 3.86. The average Bonchev–Trinajstić information content (AvgIpc) is 2.23. The highest BCUT2D eigenvalue weighted by Crippen LogP contribution is 2.27. The van der Waals surface area contributed by atoms with E-state index in [2.05, 4.69) is 4.90 Å². The van der Waals surface area contributed by atoms with Gasteiger partial charge in [-0.1, -0.05) is 0 Å². The quantitative estimate of drug-likeness (QED) is 0.465. The van der Waals surface area contributed by atoms with E-state index < -0.39 is 0 Å². The first-order valence-electron chi connectivity index (χ1n) is 3.26. The van der Waals surface area contributed by atoms with Crippen LogP contribution in [0.1, 0.15) is 6.42 Å². The van der Waals surface area contributed by atoms with Crippen LogP contribution in [-0.4, -0.2) is 35.7 Å². The van der Waals surface area contributed by atoms with Crippen LogP contribution in [0.15, 0.2) is 0 Å². The summed E-state index contributed by atoms with van der Waals surface area (Å²) < 4.78 is 0. The SMILES string of the molecule is O[C@@H]1CN2CC[C@@H]1C2. The zero-order chi connectivity index (χ0) is 5.56. The van der Waals surface area contributed by atoms with Gasteiger partial charge in [0.2, 0.25) is 0 Å². The Labute approximate surface area is 49.1 Å². The van der Waals surface area contributed by atoms with Crippen molar-refractivity contribution in [3.63, 3.8) is 0 Å². The van der Waals surface area contributed by atoms with Gasteiger partial charge in [0.15, 0.2) is 0 Å². The molecule has 0 aromatic carbocycles. The van der Waals surface area contributed by atoms with Crippen LogP contribution in [0.4, 0.5) is 0 Å². The van der Waals surface area contributed by atoms with E-state index in [1.807, 2.05) is 0 Å². The predicted molar refractivity (Wildman–Crippen MR) is 30.6 cm³/mol. The van der Waals surface area contributed by atoms with Crippen LogP contribution in [-0.2, 0) is 0 Å². The highest BCUT2D eigenvalue weighted by atomic mass is 16.3. The summed E-state index contributed by atoms with van der Waals surface area (Å²) in [6.07, 6.45) is 1.23. The van der Waals surface area contributed by atoms with Crippen LogP contribution in [0.2, 0.25) is 0 Å². The molecule has 3 atom stereocenters. The van der Waals surface area contributed by atoms with Crippen molar-refractivity contribution >= 4 is 0 Å². The third kappa shape index (κ3) is 0.501. The number of piperidine rings is 1. The normalized spacial score (nSPS) is 52.9. The molecule has 2 bridgehead atoms. The minimum Gasteiger partial charge on any atom is -0.391 e. The van der Waals surface area contributed by atoms with Gasteiger partial charge < -0.3 is 10.0 Å². The van der Waals surface area contributed by atoms with E-state index in [0.29, 0.717) is 5.92 Å². The van der Waals surface area contributed by atoms with E-state index in [1.165, 1.54) is 13.0 Å². The van der Waals surface area contributed by atoms with Crippen molar-refractivity contribution in [2.75, 3.05) is 19.6 Å². The van der Waals surface area contributed by atoms with Crippen molar-refractivity contribution in [2.24, 2.45) is 5.92 Å². The molecule has 0 aromatic rings. The van der Waals surface area contributed by atoms with Crippen LogP contribution in [0.3, 0.4) is 0 Å². The summed E-state index contributed by atoms with van der Waals surface area (Å²) in [5.41, 5.74) is 0. The summed E-state index contributed by atoms with van der Waals surface area (Å²) in [5.74, 6) is 0.620. The molecular formula is C6H11NO. The Hall–Kier alpha value is -0.0800. The van der Waals surface area contributed by atoms with Gasteiger partial charge in [-0.25, -0.2) is 0 Å². The van der Waals surface area contributed by atoms with Gasteiger partial charge in [-0.3, -0.25) is 0 Å². The zero-order valence-electron chi connectivity index (χ0n) is 4.88. The smallest absolute Gasteiger partial charge is 0.0707 e. The van der Waals surface area contributed by atoms with Crippen LogP contribution in [0.5, 0.6) is 0 Å². The second-order valence-corrected chi connectivity index (χ2v) is 2.88. The summed E-state index contributed by atoms with van der Waals surface area (Å²) in [4.78, 5) is 2.33. The fourth-order valence-electron chi connectivity index (χ4n) is 1.76. The van der Waals surface area contributed by atoms with Gasteiger partial charge in [0.25, 0.3) is 0 Å². The van der Waals surface area contributed by atoms with Crippen LogP contribution >= 0.6 is 0 Å². The maximum atomic E-state index is 9.18. The molecule has 2 nitrogen and oxygen atoms in total. The van der Waals surface area contributed by atoms with Crippen LogP contribution < -0.4 is 0 Å². The first-order valence-corrected chi connectivity index (χ1v) is 3.26. The van der Waals surface area contributed by atoms with Gasteiger partial charge in [0.1, 0.15) is 0 Å². The number of rotatable bonds is 0. The summed E-state index contributed by atoms with van der Waals surface area (Å²) in [6, 6.07) is 0. The molecule has 0 aromatic heterocycles. The molecule has 1 N–H and O–H groups in total.